The number of urea groups is 1. The summed E-state index contributed by atoms with van der Waals surface area (Å²) in [5.41, 5.74) is 3.38. The molecule has 0 heterocycles. The minimum absolute atomic E-state index is 0.0845. The van der Waals surface area contributed by atoms with Crippen LogP contribution in [0.3, 0.4) is 0 Å². The molecule has 0 saturated carbocycles. The second-order valence-corrected chi connectivity index (χ2v) is 6.85. The number of benzene rings is 2. The van der Waals surface area contributed by atoms with Crippen molar-refractivity contribution in [3.8, 4) is 0 Å². The van der Waals surface area contributed by atoms with Crippen LogP contribution in [0, 0.1) is 0 Å². The predicted octanol–water partition coefficient (Wildman–Crippen LogP) is 3.03. The molecule has 0 saturated heterocycles. The third kappa shape index (κ3) is 8.35. The van der Waals surface area contributed by atoms with Crippen molar-refractivity contribution in [2.24, 2.45) is 0 Å². The molecule has 156 valence electrons. The summed E-state index contributed by atoms with van der Waals surface area (Å²) in [6.45, 7) is 8.40. The molecule has 2 rings (SSSR count). The molecular formula is C23H32N4O2. The normalized spacial score (nSPS) is 10.6. The quantitative estimate of drug-likeness (QED) is 0.547. The molecule has 0 bridgehead atoms. The van der Waals surface area contributed by atoms with Crippen LogP contribution in [0.5, 0.6) is 0 Å². The molecule has 0 aliphatic heterocycles. The van der Waals surface area contributed by atoms with Gasteiger partial charge in [0.25, 0.3) is 0 Å². The highest BCUT2D eigenvalue weighted by Crippen LogP contribution is 2.11. The Labute approximate surface area is 173 Å². The molecule has 6 nitrogen and oxygen atoms in total. The average molecular weight is 397 g/mol. The summed E-state index contributed by atoms with van der Waals surface area (Å²) in [5, 5.41) is 8.48. The molecule has 0 fully saturated rings. The lowest BCUT2D eigenvalue weighted by Crippen LogP contribution is -2.37. The van der Waals surface area contributed by atoms with Gasteiger partial charge in [0, 0.05) is 32.6 Å². The van der Waals surface area contributed by atoms with Gasteiger partial charge in [-0.2, -0.15) is 0 Å². The standard InChI is InChI=1S/C23H32N4O2/c1-3-27(4-2)18-21-13-9-8-12-20(21)17-26-23(29)24-15-14-22(28)25-16-19-10-6-5-7-11-19/h5-13H,3-4,14-18H2,1-2H3,(H,25,28)(H2,24,26,29). The molecule has 0 aliphatic rings. The number of hydrogen-bond donors (Lipinski definition) is 3. The molecule has 3 N–H and O–H groups in total. The van der Waals surface area contributed by atoms with Crippen molar-refractivity contribution in [3.05, 3.63) is 71.3 Å². The Morgan fingerprint density at radius 1 is 0.793 bits per heavy atom. The zero-order valence-corrected chi connectivity index (χ0v) is 17.4. The van der Waals surface area contributed by atoms with E-state index in [9.17, 15) is 9.59 Å². The molecule has 3 amide bonds. The van der Waals surface area contributed by atoms with Gasteiger partial charge in [-0.3, -0.25) is 9.69 Å². The zero-order chi connectivity index (χ0) is 20.9. The molecule has 0 aliphatic carbocycles. The lowest BCUT2D eigenvalue weighted by molar-refractivity contribution is -0.121. The van der Waals surface area contributed by atoms with Crippen molar-refractivity contribution in [2.75, 3.05) is 19.6 Å². The summed E-state index contributed by atoms with van der Waals surface area (Å²) >= 11 is 0. The Hall–Kier alpha value is -2.86. The van der Waals surface area contributed by atoms with E-state index in [4.69, 9.17) is 0 Å². The van der Waals surface area contributed by atoms with Gasteiger partial charge in [0.2, 0.25) is 5.91 Å². The van der Waals surface area contributed by atoms with Crippen LogP contribution in [0.15, 0.2) is 54.6 Å². The fourth-order valence-electron chi connectivity index (χ4n) is 2.98. The van der Waals surface area contributed by atoms with Crippen molar-refractivity contribution >= 4 is 11.9 Å². The number of nitrogens with one attached hydrogen (secondary N) is 3. The van der Waals surface area contributed by atoms with Crippen LogP contribution >= 0.6 is 0 Å². The fourth-order valence-corrected chi connectivity index (χ4v) is 2.98. The summed E-state index contributed by atoms with van der Waals surface area (Å²) in [6, 6.07) is 17.6. The van der Waals surface area contributed by atoms with Crippen molar-refractivity contribution in [2.45, 2.75) is 39.9 Å². The first-order valence-electron chi connectivity index (χ1n) is 10.2. The minimum atomic E-state index is -0.265. The molecular weight excluding hydrogens is 364 g/mol. The maximum atomic E-state index is 12.1. The Bertz CT molecular complexity index is 760. The van der Waals surface area contributed by atoms with Crippen molar-refractivity contribution in [1.82, 2.24) is 20.9 Å². The third-order valence-corrected chi connectivity index (χ3v) is 4.82. The van der Waals surface area contributed by atoms with E-state index in [-0.39, 0.29) is 18.4 Å². The van der Waals surface area contributed by atoms with Crippen LogP contribution < -0.4 is 16.0 Å². The van der Waals surface area contributed by atoms with Gasteiger partial charge in [-0.15, -0.1) is 0 Å². The molecule has 6 heteroatoms. The van der Waals surface area contributed by atoms with Gasteiger partial charge in [-0.1, -0.05) is 68.4 Å². The lowest BCUT2D eigenvalue weighted by atomic mass is 10.1. The highest BCUT2D eigenvalue weighted by atomic mass is 16.2. The van der Waals surface area contributed by atoms with Gasteiger partial charge in [-0.25, -0.2) is 4.79 Å². The highest BCUT2D eigenvalue weighted by molar-refractivity contribution is 5.78. The minimum Gasteiger partial charge on any atom is -0.352 e. The van der Waals surface area contributed by atoms with Gasteiger partial charge >= 0.3 is 6.03 Å². The van der Waals surface area contributed by atoms with E-state index in [1.807, 2.05) is 48.5 Å². The third-order valence-electron chi connectivity index (χ3n) is 4.82. The topological polar surface area (TPSA) is 73.5 Å². The zero-order valence-electron chi connectivity index (χ0n) is 17.4. The van der Waals surface area contributed by atoms with E-state index in [1.165, 1.54) is 5.56 Å². The van der Waals surface area contributed by atoms with E-state index < -0.39 is 0 Å². The summed E-state index contributed by atoms with van der Waals surface area (Å²) in [4.78, 5) is 26.3. The molecule has 2 aromatic carbocycles. The fraction of sp³-hybridized carbons (Fsp3) is 0.391. The van der Waals surface area contributed by atoms with Crippen molar-refractivity contribution in [1.29, 1.82) is 0 Å². The van der Waals surface area contributed by atoms with Gasteiger partial charge in [0.15, 0.2) is 0 Å². The van der Waals surface area contributed by atoms with E-state index in [2.05, 4.69) is 40.8 Å². The summed E-state index contributed by atoms with van der Waals surface area (Å²) in [6.07, 6.45) is 0.249. The molecule has 0 radical (unpaired) electrons. The molecule has 0 atom stereocenters. The maximum Gasteiger partial charge on any atom is 0.315 e. The smallest absolute Gasteiger partial charge is 0.315 e. The number of carbonyl (C=O) groups is 2. The van der Waals surface area contributed by atoms with E-state index in [0.717, 1.165) is 30.8 Å². The number of hydrogen-bond acceptors (Lipinski definition) is 3. The first kappa shape index (κ1) is 22.4. The number of nitrogens with zero attached hydrogens (tertiary/aromatic N) is 1. The largest absolute Gasteiger partial charge is 0.352 e. The number of amides is 3. The highest BCUT2D eigenvalue weighted by Gasteiger charge is 2.08. The monoisotopic (exact) mass is 396 g/mol. The lowest BCUT2D eigenvalue weighted by Gasteiger charge is -2.20. The second-order valence-electron chi connectivity index (χ2n) is 6.85. The number of carbonyl (C=O) groups excluding carboxylic acids is 2. The maximum absolute atomic E-state index is 12.1. The Morgan fingerprint density at radius 2 is 1.45 bits per heavy atom. The second kappa shape index (κ2) is 12.6. The van der Waals surface area contributed by atoms with Crippen molar-refractivity contribution in [3.63, 3.8) is 0 Å². The van der Waals surface area contributed by atoms with E-state index in [0.29, 0.717) is 19.6 Å². The Morgan fingerprint density at radius 3 is 2.14 bits per heavy atom. The first-order valence-corrected chi connectivity index (χ1v) is 10.2. The van der Waals surface area contributed by atoms with Crippen LogP contribution in [-0.4, -0.2) is 36.5 Å². The summed E-state index contributed by atoms with van der Waals surface area (Å²) in [7, 11) is 0. The van der Waals surface area contributed by atoms with Gasteiger partial charge in [-0.05, 0) is 29.8 Å². The van der Waals surface area contributed by atoms with Crippen molar-refractivity contribution < 1.29 is 9.59 Å². The van der Waals surface area contributed by atoms with E-state index >= 15 is 0 Å². The molecule has 0 spiro atoms. The van der Waals surface area contributed by atoms with Crippen LogP contribution in [0.1, 0.15) is 37.0 Å². The molecule has 2 aromatic rings. The molecule has 29 heavy (non-hydrogen) atoms. The average Bonchev–Trinajstić information content (AvgIpc) is 2.76. The van der Waals surface area contributed by atoms with E-state index in [1.54, 1.807) is 0 Å². The van der Waals surface area contributed by atoms with Crippen LogP contribution in [0.2, 0.25) is 0 Å². The van der Waals surface area contributed by atoms with Gasteiger partial charge in [0.1, 0.15) is 0 Å². The molecule has 0 aromatic heterocycles. The molecule has 0 unspecified atom stereocenters. The van der Waals surface area contributed by atoms with Crippen LogP contribution in [-0.2, 0) is 24.4 Å². The number of rotatable bonds is 11. The van der Waals surface area contributed by atoms with Crippen LogP contribution in [0.25, 0.3) is 0 Å². The Kier molecular flexibility index (Phi) is 9.72. The SMILES string of the molecule is CCN(CC)Cc1ccccc1CNC(=O)NCCC(=O)NCc1ccccc1. The van der Waals surface area contributed by atoms with Gasteiger partial charge < -0.3 is 16.0 Å². The van der Waals surface area contributed by atoms with Gasteiger partial charge in [0.05, 0.1) is 0 Å². The predicted molar refractivity (Wildman–Crippen MR) is 116 cm³/mol. The Balaban J connectivity index is 1.69. The van der Waals surface area contributed by atoms with Crippen LogP contribution in [0.4, 0.5) is 4.79 Å². The summed E-state index contributed by atoms with van der Waals surface area (Å²) in [5.74, 6) is -0.0845. The summed E-state index contributed by atoms with van der Waals surface area (Å²) < 4.78 is 0. The first-order chi connectivity index (χ1) is 14.1.